The van der Waals surface area contributed by atoms with E-state index in [1.807, 2.05) is 43.0 Å². The van der Waals surface area contributed by atoms with Crippen LogP contribution in [0.15, 0.2) is 24.3 Å². The van der Waals surface area contributed by atoms with Crippen LogP contribution in [-0.2, 0) is 11.2 Å². The van der Waals surface area contributed by atoms with E-state index in [0.717, 1.165) is 56.8 Å². The van der Waals surface area contributed by atoms with Gasteiger partial charge < -0.3 is 19.6 Å². The fourth-order valence-corrected chi connectivity index (χ4v) is 3.89. The van der Waals surface area contributed by atoms with Crippen LogP contribution in [0, 0.1) is 0 Å². The average molecular weight is 375 g/mol. The molecule has 2 saturated heterocycles. The zero-order valence-corrected chi connectivity index (χ0v) is 16.8. The van der Waals surface area contributed by atoms with Gasteiger partial charge in [0, 0.05) is 31.8 Å². The van der Waals surface area contributed by atoms with E-state index in [1.165, 1.54) is 12.8 Å². The van der Waals surface area contributed by atoms with E-state index in [4.69, 9.17) is 4.74 Å². The minimum Gasteiger partial charge on any atom is -0.390 e. The van der Waals surface area contributed by atoms with Gasteiger partial charge in [0.05, 0.1) is 11.7 Å². The third-order valence-corrected chi connectivity index (χ3v) is 5.52. The quantitative estimate of drug-likeness (QED) is 0.832. The highest BCUT2D eigenvalue weighted by atomic mass is 16.5. The lowest BCUT2D eigenvalue weighted by atomic mass is 9.98. The molecule has 27 heavy (non-hydrogen) atoms. The topological polar surface area (TPSA) is 53.0 Å². The van der Waals surface area contributed by atoms with Crippen LogP contribution >= 0.6 is 0 Å². The number of hydrogen-bond donors (Lipinski definition) is 1. The number of benzene rings is 1. The maximum absolute atomic E-state index is 13.0. The summed E-state index contributed by atoms with van der Waals surface area (Å²) < 4.78 is 6.00. The summed E-state index contributed by atoms with van der Waals surface area (Å²) in [6.07, 6.45) is 5.08. The van der Waals surface area contributed by atoms with E-state index in [0.29, 0.717) is 13.0 Å². The van der Waals surface area contributed by atoms with E-state index in [9.17, 15) is 9.90 Å². The predicted molar refractivity (Wildman–Crippen MR) is 107 cm³/mol. The fraction of sp³-hybridized carbons (Fsp3) is 0.682. The summed E-state index contributed by atoms with van der Waals surface area (Å²) in [5.41, 5.74) is 1.23. The van der Waals surface area contributed by atoms with Crippen LogP contribution in [0.2, 0.25) is 0 Å². The SMILES string of the molecule is CC(C)(O)CCc1ccc(C(=O)N2CCCOC(CN3CCCC3)C2)cc1. The van der Waals surface area contributed by atoms with Crippen LogP contribution in [0.3, 0.4) is 0 Å². The van der Waals surface area contributed by atoms with Crippen molar-refractivity contribution in [2.45, 2.75) is 57.7 Å². The monoisotopic (exact) mass is 374 g/mol. The molecule has 1 amide bonds. The molecule has 150 valence electrons. The Labute approximate surface area is 163 Å². The van der Waals surface area contributed by atoms with Crippen LogP contribution in [0.5, 0.6) is 0 Å². The lowest BCUT2D eigenvalue weighted by Crippen LogP contribution is -2.41. The average Bonchev–Trinajstić information content (AvgIpc) is 3.03. The minimum atomic E-state index is -0.662. The third-order valence-electron chi connectivity index (χ3n) is 5.52. The Morgan fingerprint density at radius 2 is 1.85 bits per heavy atom. The van der Waals surface area contributed by atoms with Gasteiger partial charge in [-0.3, -0.25) is 4.79 Å². The first-order chi connectivity index (χ1) is 12.9. The molecule has 5 heteroatoms. The summed E-state index contributed by atoms with van der Waals surface area (Å²) in [5.74, 6) is 0.0981. The molecule has 0 aromatic heterocycles. The molecule has 0 bridgehead atoms. The number of amides is 1. The molecule has 2 heterocycles. The highest BCUT2D eigenvalue weighted by Crippen LogP contribution is 2.17. The molecule has 5 nitrogen and oxygen atoms in total. The molecule has 1 atom stereocenters. The van der Waals surface area contributed by atoms with Crippen molar-refractivity contribution in [3.8, 4) is 0 Å². The minimum absolute atomic E-state index is 0.0981. The second-order valence-corrected chi connectivity index (χ2v) is 8.61. The predicted octanol–water partition coefficient (Wildman–Crippen LogP) is 2.72. The van der Waals surface area contributed by atoms with Crippen molar-refractivity contribution in [1.29, 1.82) is 0 Å². The molecule has 2 aliphatic heterocycles. The van der Waals surface area contributed by atoms with Crippen LogP contribution in [0.25, 0.3) is 0 Å². The van der Waals surface area contributed by atoms with Crippen molar-refractivity contribution >= 4 is 5.91 Å². The summed E-state index contributed by atoms with van der Waals surface area (Å²) in [7, 11) is 0. The normalized spacial score (nSPS) is 22.0. The first-order valence-corrected chi connectivity index (χ1v) is 10.4. The summed E-state index contributed by atoms with van der Waals surface area (Å²) in [4.78, 5) is 17.4. The van der Waals surface area contributed by atoms with E-state index in [2.05, 4.69) is 4.90 Å². The first kappa shape index (κ1) is 20.3. The maximum atomic E-state index is 13.0. The second-order valence-electron chi connectivity index (χ2n) is 8.61. The van der Waals surface area contributed by atoms with Gasteiger partial charge in [-0.05, 0) is 76.7 Å². The van der Waals surface area contributed by atoms with E-state index in [1.54, 1.807) is 0 Å². The van der Waals surface area contributed by atoms with Crippen molar-refractivity contribution in [1.82, 2.24) is 9.80 Å². The number of likely N-dealkylation sites (tertiary alicyclic amines) is 1. The number of ether oxygens (including phenoxy) is 1. The molecule has 1 unspecified atom stereocenters. The van der Waals surface area contributed by atoms with Gasteiger partial charge in [-0.15, -0.1) is 0 Å². The Balaban J connectivity index is 1.57. The van der Waals surface area contributed by atoms with Crippen LogP contribution < -0.4 is 0 Å². The number of aryl methyl sites for hydroxylation is 1. The van der Waals surface area contributed by atoms with Gasteiger partial charge >= 0.3 is 0 Å². The Morgan fingerprint density at radius 1 is 1.15 bits per heavy atom. The molecule has 1 aromatic carbocycles. The molecule has 2 fully saturated rings. The lowest BCUT2D eigenvalue weighted by Gasteiger charge is -2.27. The Hall–Kier alpha value is -1.43. The van der Waals surface area contributed by atoms with E-state index >= 15 is 0 Å². The summed E-state index contributed by atoms with van der Waals surface area (Å²) in [6, 6.07) is 7.86. The molecule has 0 radical (unpaired) electrons. The number of carbonyl (C=O) groups is 1. The van der Waals surface area contributed by atoms with Gasteiger partial charge in [0.25, 0.3) is 5.91 Å². The van der Waals surface area contributed by atoms with Crippen molar-refractivity contribution < 1.29 is 14.6 Å². The molecule has 0 spiro atoms. The zero-order valence-electron chi connectivity index (χ0n) is 16.8. The molecule has 2 aliphatic rings. The third kappa shape index (κ3) is 6.30. The molecule has 0 aliphatic carbocycles. The number of nitrogens with zero attached hydrogens (tertiary/aromatic N) is 2. The first-order valence-electron chi connectivity index (χ1n) is 10.4. The standard InChI is InChI=1S/C22H34N2O3/c1-22(2,26)11-10-18-6-8-19(9-7-18)21(25)24-14-5-15-27-20(17-24)16-23-12-3-4-13-23/h6-9,20,26H,3-5,10-17H2,1-2H3. The molecular formula is C22H34N2O3. The van der Waals surface area contributed by atoms with Gasteiger partial charge in [-0.25, -0.2) is 0 Å². The van der Waals surface area contributed by atoms with Crippen molar-refractivity contribution in [2.24, 2.45) is 0 Å². The van der Waals surface area contributed by atoms with E-state index < -0.39 is 5.60 Å². The van der Waals surface area contributed by atoms with Gasteiger partial charge in [0.15, 0.2) is 0 Å². The Bertz CT molecular complexity index is 603. The van der Waals surface area contributed by atoms with Crippen LogP contribution in [0.1, 0.15) is 55.5 Å². The number of hydrogen-bond acceptors (Lipinski definition) is 4. The molecule has 0 saturated carbocycles. The summed E-state index contributed by atoms with van der Waals surface area (Å²) >= 11 is 0. The fourth-order valence-electron chi connectivity index (χ4n) is 3.89. The Kier molecular flexibility index (Phi) is 6.90. The highest BCUT2D eigenvalue weighted by Gasteiger charge is 2.26. The molecule has 1 N–H and O–H groups in total. The lowest BCUT2D eigenvalue weighted by molar-refractivity contribution is 0.0297. The van der Waals surface area contributed by atoms with E-state index in [-0.39, 0.29) is 12.0 Å². The summed E-state index contributed by atoms with van der Waals surface area (Å²) in [5, 5.41) is 9.87. The largest absolute Gasteiger partial charge is 0.390 e. The highest BCUT2D eigenvalue weighted by molar-refractivity contribution is 5.94. The summed E-state index contributed by atoms with van der Waals surface area (Å²) in [6.45, 7) is 9.05. The smallest absolute Gasteiger partial charge is 0.253 e. The maximum Gasteiger partial charge on any atom is 0.253 e. The molecular weight excluding hydrogens is 340 g/mol. The van der Waals surface area contributed by atoms with Crippen molar-refractivity contribution in [2.75, 3.05) is 39.3 Å². The van der Waals surface area contributed by atoms with Crippen LogP contribution in [0.4, 0.5) is 0 Å². The van der Waals surface area contributed by atoms with Crippen molar-refractivity contribution in [3.63, 3.8) is 0 Å². The number of aliphatic hydroxyl groups is 1. The number of carbonyl (C=O) groups excluding carboxylic acids is 1. The Morgan fingerprint density at radius 3 is 2.52 bits per heavy atom. The second kappa shape index (κ2) is 9.18. The van der Waals surface area contributed by atoms with Gasteiger partial charge in [-0.1, -0.05) is 12.1 Å². The number of rotatable bonds is 6. The molecule has 3 rings (SSSR count). The van der Waals surface area contributed by atoms with Crippen LogP contribution in [-0.4, -0.2) is 71.8 Å². The van der Waals surface area contributed by atoms with Gasteiger partial charge in [0.1, 0.15) is 0 Å². The zero-order chi connectivity index (χ0) is 19.3. The molecule has 1 aromatic rings. The van der Waals surface area contributed by atoms with Crippen molar-refractivity contribution in [3.05, 3.63) is 35.4 Å². The van der Waals surface area contributed by atoms with Gasteiger partial charge in [0.2, 0.25) is 0 Å². The van der Waals surface area contributed by atoms with Gasteiger partial charge in [-0.2, -0.15) is 0 Å².